The number of benzene rings is 2. The van der Waals surface area contributed by atoms with Crippen LogP contribution in [0.25, 0.3) is 6.08 Å². The molecule has 1 heterocycles. The number of ether oxygens (including phenoxy) is 2. The van der Waals surface area contributed by atoms with Crippen LogP contribution in [0.3, 0.4) is 0 Å². The first-order valence-electron chi connectivity index (χ1n) is 8.88. The predicted molar refractivity (Wildman–Crippen MR) is 105 cm³/mol. The standard InChI is InChI=1S/C20H17N3O7/c1-2-29-17-10-13(9-15-18(24)21-20(26)22-19(15)25)5-8-16(17)30-11-12-3-6-14(7-4-12)23(27)28/h3-10H,2,11H2,1H3,(H2,21,22,24,25,26). The molecule has 0 unspecified atom stereocenters. The van der Waals surface area contributed by atoms with Crippen LogP contribution in [0.5, 0.6) is 11.5 Å². The van der Waals surface area contributed by atoms with E-state index in [1.54, 1.807) is 37.3 Å². The third-order valence-corrected chi connectivity index (χ3v) is 4.06. The Morgan fingerprint density at radius 1 is 0.967 bits per heavy atom. The fourth-order valence-electron chi connectivity index (χ4n) is 2.65. The number of nitrogens with one attached hydrogen (secondary N) is 2. The van der Waals surface area contributed by atoms with Gasteiger partial charge in [0, 0.05) is 12.1 Å². The maximum absolute atomic E-state index is 11.9. The first-order chi connectivity index (χ1) is 14.4. The molecule has 10 heteroatoms. The van der Waals surface area contributed by atoms with Crippen LogP contribution in [0, 0.1) is 10.1 Å². The molecule has 0 radical (unpaired) electrons. The summed E-state index contributed by atoms with van der Waals surface area (Å²) in [5, 5.41) is 14.7. The normalized spacial score (nSPS) is 13.4. The number of nitro benzene ring substituents is 1. The molecular weight excluding hydrogens is 394 g/mol. The van der Waals surface area contributed by atoms with E-state index in [0.717, 1.165) is 5.56 Å². The summed E-state index contributed by atoms with van der Waals surface area (Å²) < 4.78 is 11.3. The first-order valence-corrected chi connectivity index (χ1v) is 8.88. The van der Waals surface area contributed by atoms with Crippen LogP contribution < -0.4 is 20.1 Å². The van der Waals surface area contributed by atoms with E-state index in [0.29, 0.717) is 23.7 Å². The monoisotopic (exact) mass is 411 g/mol. The SMILES string of the molecule is CCOc1cc(C=C2C(=O)NC(=O)NC2=O)ccc1OCc1ccc([N+](=O)[O-])cc1. The second-order valence-electron chi connectivity index (χ2n) is 6.15. The van der Waals surface area contributed by atoms with Gasteiger partial charge in [-0.3, -0.25) is 30.3 Å². The minimum absolute atomic E-state index is 0.0105. The van der Waals surface area contributed by atoms with Crippen LogP contribution in [0.15, 0.2) is 48.0 Å². The number of nitrogens with zero attached hydrogens (tertiary/aromatic N) is 1. The Morgan fingerprint density at radius 2 is 1.63 bits per heavy atom. The average Bonchev–Trinajstić information content (AvgIpc) is 2.70. The van der Waals surface area contributed by atoms with E-state index in [1.807, 2.05) is 10.6 Å². The van der Waals surface area contributed by atoms with Crippen molar-refractivity contribution in [3.63, 3.8) is 0 Å². The van der Waals surface area contributed by atoms with E-state index in [4.69, 9.17) is 9.47 Å². The Hall–Kier alpha value is -4.21. The second kappa shape index (κ2) is 8.86. The summed E-state index contributed by atoms with van der Waals surface area (Å²) in [5.74, 6) is -0.771. The van der Waals surface area contributed by atoms with Gasteiger partial charge in [-0.25, -0.2) is 4.79 Å². The Kier molecular flexibility index (Phi) is 6.06. The number of carbonyl (C=O) groups excluding carboxylic acids is 3. The maximum atomic E-state index is 11.9. The van der Waals surface area contributed by atoms with Gasteiger partial charge in [-0.05, 0) is 48.4 Å². The van der Waals surface area contributed by atoms with Crippen molar-refractivity contribution in [2.75, 3.05) is 6.61 Å². The lowest BCUT2D eigenvalue weighted by Crippen LogP contribution is -2.51. The highest BCUT2D eigenvalue weighted by molar-refractivity contribution is 6.31. The number of non-ortho nitro benzene ring substituents is 1. The molecule has 1 aliphatic heterocycles. The van der Waals surface area contributed by atoms with Gasteiger partial charge in [0.1, 0.15) is 12.2 Å². The van der Waals surface area contributed by atoms with Gasteiger partial charge >= 0.3 is 6.03 Å². The maximum Gasteiger partial charge on any atom is 0.328 e. The minimum atomic E-state index is -0.868. The summed E-state index contributed by atoms with van der Waals surface area (Å²) in [4.78, 5) is 45.1. The number of carbonyl (C=O) groups is 3. The molecule has 154 valence electrons. The molecule has 0 atom stereocenters. The van der Waals surface area contributed by atoms with Crippen molar-refractivity contribution >= 4 is 29.6 Å². The van der Waals surface area contributed by atoms with E-state index in [9.17, 15) is 24.5 Å². The minimum Gasteiger partial charge on any atom is -0.490 e. The zero-order valence-electron chi connectivity index (χ0n) is 15.8. The zero-order valence-corrected chi connectivity index (χ0v) is 15.8. The van der Waals surface area contributed by atoms with Crippen LogP contribution in [0.4, 0.5) is 10.5 Å². The Labute approximate surface area is 170 Å². The molecular formula is C20H17N3O7. The van der Waals surface area contributed by atoms with Crippen LogP contribution in [-0.4, -0.2) is 29.4 Å². The molecule has 0 aromatic heterocycles. The number of nitro groups is 1. The molecule has 1 aliphatic rings. The van der Waals surface area contributed by atoms with Gasteiger partial charge in [-0.15, -0.1) is 0 Å². The van der Waals surface area contributed by atoms with Gasteiger partial charge in [-0.2, -0.15) is 0 Å². The molecule has 0 spiro atoms. The van der Waals surface area contributed by atoms with Gasteiger partial charge < -0.3 is 9.47 Å². The number of hydrogen-bond donors (Lipinski definition) is 2. The molecule has 0 saturated carbocycles. The molecule has 1 fully saturated rings. The summed E-state index contributed by atoms with van der Waals surface area (Å²) >= 11 is 0. The number of amides is 4. The average molecular weight is 411 g/mol. The molecule has 1 saturated heterocycles. The summed E-state index contributed by atoms with van der Waals surface area (Å²) in [7, 11) is 0. The van der Waals surface area contributed by atoms with E-state index in [2.05, 4.69) is 0 Å². The predicted octanol–water partition coefficient (Wildman–Crippen LogP) is 2.32. The lowest BCUT2D eigenvalue weighted by molar-refractivity contribution is -0.384. The summed E-state index contributed by atoms with van der Waals surface area (Å²) in [6, 6.07) is 9.94. The number of imide groups is 2. The third kappa shape index (κ3) is 4.79. The molecule has 2 aromatic rings. The van der Waals surface area contributed by atoms with Gasteiger partial charge in [0.2, 0.25) is 0 Å². The van der Waals surface area contributed by atoms with Crippen molar-refractivity contribution in [3.8, 4) is 11.5 Å². The van der Waals surface area contributed by atoms with E-state index in [-0.39, 0.29) is 17.9 Å². The van der Waals surface area contributed by atoms with Crippen molar-refractivity contribution in [3.05, 3.63) is 69.3 Å². The van der Waals surface area contributed by atoms with E-state index in [1.165, 1.54) is 18.2 Å². The van der Waals surface area contributed by atoms with Crippen molar-refractivity contribution in [2.24, 2.45) is 0 Å². The first kappa shape index (κ1) is 20.5. The topological polar surface area (TPSA) is 137 Å². The molecule has 3 rings (SSSR count). The number of rotatable bonds is 7. The second-order valence-corrected chi connectivity index (χ2v) is 6.15. The molecule has 0 aliphatic carbocycles. The smallest absolute Gasteiger partial charge is 0.328 e. The van der Waals surface area contributed by atoms with Crippen molar-refractivity contribution in [1.29, 1.82) is 0 Å². The van der Waals surface area contributed by atoms with Gasteiger partial charge in [-0.1, -0.05) is 6.07 Å². The van der Waals surface area contributed by atoms with Gasteiger partial charge in [0.25, 0.3) is 17.5 Å². The van der Waals surface area contributed by atoms with Gasteiger partial charge in [0.15, 0.2) is 11.5 Å². The van der Waals surface area contributed by atoms with Crippen molar-refractivity contribution in [1.82, 2.24) is 10.6 Å². The van der Waals surface area contributed by atoms with Crippen LogP contribution in [-0.2, 0) is 16.2 Å². The van der Waals surface area contributed by atoms with E-state index >= 15 is 0 Å². The molecule has 4 amide bonds. The van der Waals surface area contributed by atoms with Crippen LogP contribution >= 0.6 is 0 Å². The summed E-state index contributed by atoms with van der Waals surface area (Å²) in [6.07, 6.45) is 1.33. The largest absolute Gasteiger partial charge is 0.490 e. The lowest BCUT2D eigenvalue weighted by Gasteiger charge is -2.15. The van der Waals surface area contributed by atoms with Crippen LogP contribution in [0.1, 0.15) is 18.1 Å². The fourth-order valence-corrected chi connectivity index (χ4v) is 2.65. The lowest BCUT2D eigenvalue weighted by atomic mass is 10.1. The summed E-state index contributed by atoms with van der Waals surface area (Å²) in [6.45, 7) is 2.30. The third-order valence-electron chi connectivity index (χ3n) is 4.06. The van der Waals surface area contributed by atoms with Crippen LogP contribution in [0.2, 0.25) is 0 Å². The fraction of sp³-hybridized carbons (Fsp3) is 0.150. The highest BCUT2D eigenvalue weighted by Crippen LogP contribution is 2.30. The van der Waals surface area contributed by atoms with Gasteiger partial charge in [0.05, 0.1) is 11.5 Å². The number of barbiturate groups is 1. The quantitative estimate of drug-likeness (QED) is 0.309. The van der Waals surface area contributed by atoms with E-state index < -0.39 is 22.8 Å². The molecule has 2 N–H and O–H groups in total. The zero-order chi connectivity index (χ0) is 21.7. The van der Waals surface area contributed by atoms with Crippen molar-refractivity contribution in [2.45, 2.75) is 13.5 Å². The Balaban J connectivity index is 1.78. The van der Waals surface area contributed by atoms with Crippen molar-refractivity contribution < 1.29 is 28.8 Å². The molecule has 30 heavy (non-hydrogen) atoms. The molecule has 10 nitrogen and oxygen atoms in total. The number of urea groups is 1. The molecule has 0 bridgehead atoms. The Bertz CT molecular complexity index is 1020. The highest BCUT2D eigenvalue weighted by atomic mass is 16.6. The molecule has 2 aromatic carbocycles. The highest BCUT2D eigenvalue weighted by Gasteiger charge is 2.27. The number of hydrogen-bond acceptors (Lipinski definition) is 7. The summed E-state index contributed by atoms with van der Waals surface area (Å²) in [5.41, 5.74) is 1.01. The Morgan fingerprint density at radius 3 is 2.23 bits per heavy atom.